The number of carbonyl (C=O) groups is 1. The van der Waals surface area contributed by atoms with Gasteiger partial charge in [-0.25, -0.2) is 0 Å². The number of likely N-dealkylation sites (N-methyl/N-ethyl adjacent to an activating group) is 1. The Kier molecular flexibility index (Phi) is 5.26. The molecule has 3 heteroatoms. The molecule has 0 aliphatic heterocycles. The minimum absolute atomic E-state index is 0.165. The van der Waals surface area contributed by atoms with Gasteiger partial charge in [-0.05, 0) is 18.9 Å². The Bertz CT molecular complexity index is 294. The maximum Gasteiger partial charge on any atom is 0.319 e. The lowest BCUT2D eigenvalue weighted by Gasteiger charge is -2.23. The van der Waals surface area contributed by atoms with E-state index in [0.717, 1.165) is 19.5 Å². The number of esters is 1. The molecule has 0 fully saturated rings. The molecule has 0 N–H and O–H groups in total. The number of hydrogen-bond donors (Lipinski definition) is 0. The first-order valence-electron chi connectivity index (χ1n) is 5.81. The van der Waals surface area contributed by atoms with Gasteiger partial charge in [-0.15, -0.1) is 0 Å². The van der Waals surface area contributed by atoms with Gasteiger partial charge in [-0.1, -0.05) is 37.6 Å². The maximum atomic E-state index is 11.2. The van der Waals surface area contributed by atoms with Gasteiger partial charge in [0.1, 0.15) is 0 Å². The average Bonchev–Trinajstić information content (AvgIpc) is 2.28. The number of rotatable bonds is 5. The zero-order chi connectivity index (χ0) is 12.0. The van der Waals surface area contributed by atoms with Crippen LogP contribution in [0.25, 0.3) is 0 Å². The fourth-order valence-electron chi connectivity index (χ4n) is 1.86. The quantitative estimate of drug-likeness (QED) is 0.668. The number of carbonyl (C=O) groups excluding carboxylic acids is 1. The van der Waals surface area contributed by atoms with Gasteiger partial charge in [-0.2, -0.15) is 0 Å². The van der Waals surface area contributed by atoms with E-state index in [1.807, 2.05) is 0 Å². The van der Waals surface area contributed by atoms with Crippen LogP contribution in [0.5, 0.6) is 0 Å². The normalized spacial score (nSPS) is 19.8. The molecule has 0 saturated heterocycles. The molecule has 0 aromatic carbocycles. The first kappa shape index (κ1) is 13.0. The molecule has 16 heavy (non-hydrogen) atoms. The molecule has 0 radical (unpaired) electrons. The number of allylic oxidation sites excluding steroid dienone is 3. The fraction of sp³-hybridized carbons (Fsp3) is 0.615. The molecule has 1 rings (SSSR count). The third-order valence-corrected chi connectivity index (χ3v) is 2.81. The fourth-order valence-corrected chi connectivity index (χ4v) is 1.86. The number of ether oxygens (including phenoxy) is 1. The van der Waals surface area contributed by atoms with Gasteiger partial charge in [0.05, 0.1) is 13.7 Å². The van der Waals surface area contributed by atoms with Gasteiger partial charge in [0.15, 0.2) is 0 Å². The van der Waals surface area contributed by atoms with Gasteiger partial charge in [-0.3, -0.25) is 9.69 Å². The lowest BCUT2D eigenvalue weighted by atomic mass is 9.96. The van der Waals surface area contributed by atoms with Crippen molar-refractivity contribution in [2.75, 3.05) is 26.7 Å². The van der Waals surface area contributed by atoms with Crippen molar-refractivity contribution in [2.45, 2.75) is 20.3 Å². The van der Waals surface area contributed by atoms with Crippen molar-refractivity contribution in [1.82, 2.24) is 4.90 Å². The average molecular weight is 223 g/mol. The summed E-state index contributed by atoms with van der Waals surface area (Å²) in [7, 11) is 1.43. The molecule has 1 aliphatic carbocycles. The zero-order valence-electron chi connectivity index (χ0n) is 10.4. The lowest BCUT2D eigenvalue weighted by Crippen LogP contribution is -2.32. The van der Waals surface area contributed by atoms with Crippen molar-refractivity contribution in [2.24, 2.45) is 5.92 Å². The second kappa shape index (κ2) is 6.48. The van der Waals surface area contributed by atoms with Crippen molar-refractivity contribution in [3.63, 3.8) is 0 Å². The van der Waals surface area contributed by atoms with Crippen LogP contribution in [0.3, 0.4) is 0 Å². The summed E-state index contributed by atoms with van der Waals surface area (Å²) in [5.41, 5.74) is 1.39. The maximum absolute atomic E-state index is 11.2. The molecule has 0 heterocycles. The molecule has 0 saturated carbocycles. The van der Waals surface area contributed by atoms with Crippen molar-refractivity contribution in [1.29, 1.82) is 0 Å². The van der Waals surface area contributed by atoms with E-state index >= 15 is 0 Å². The Hall–Kier alpha value is -1.09. The number of nitrogens with zero attached hydrogens (tertiary/aromatic N) is 1. The van der Waals surface area contributed by atoms with E-state index in [-0.39, 0.29) is 5.97 Å². The smallest absolute Gasteiger partial charge is 0.319 e. The van der Waals surface area contributed by atoms with E-state index < -0.39 is 0 Å². The SMILES string of the molecule is CCN(CC(=O)OC)CC1=CC=CC(C)C1. The van der Waals surface area contributed by atoms with Crippen molar-refractivity contribution in [3.05, 3.63) is 23.8 Å². The van der Waals surface area contributed by atoms with E-state index in [4.69, 9.17) is 0 Å². The highest BCUT2D eigenvalue weighted by molar-refractivity contribution is 5.71. The number of hydrogen-bond acceptors (Lipinski definition) is 3. The van der Waals surface area contributed by atoms with E-state index in [1.165, 1.54) is 12.7 Å². The Morgan fingerprint density at radius 2 is 2.38 bits per heavy atom. The van der Waals surface area contributed by atoms with Gasteiger partial charge in [0.25, 0.3) is 0 Å². The van der Waals surface area contributed by atoms with Crippen LogP contribution in [-0.2, 0) is 9.53 Å². The predicted octanol–water partition coefficient (Wildman–Crippen LogP) is 2.00. The van der Waals surface area contributed by atoms with E-state index in [2.05, 4.69) is 41.7 Å². The van der Waals surface area contributed by atoms with Gasteiger partial charge >= 0.3 is 5.97 Å². The van der Waals surface area contributed by atoms with Crippen LogP contribution in [0.2, 0.25) is 0 Å². The van der Waals surface area contributed by atoms with E-state index in [9.17, 15) is 4.79 Å². The van der Waals surface area contributed by atoms with Crippen LogP contribution in [0.1, 0.15) is 20.3 Å². The minimum atomic E-state index is -0.165. The summed E-state index contributed by atoms with van der Waals surface area (Å²) in [4.78, 5) is 13.3. The summed E-state index contributed by atoms with van der Waals surface area (Å²) in [6.07, 6.45) is 7.56. The largest absolute Gasteiger partial charge is 0.468 e. The van der Waals surface area contributed by atoms with Gasteiger partial charge in [0, 0.05) is 6.54 Å². The molecule has 0 amide bonds. The van der Waals surface area contributed by atoms with E-state index in [0.29, 0.717) is 12.5 Å². The summed E-state index contributed by atoms with van der Waals surface area (Å²) in [5.74, 6) is 0.443. The van der Waals surface area contributed by atoms with Crippen molar-refractivity contribution in [3.8, 4) is 0 Å². The second-order valence-electron chi connectivity index (χ2n) is 4.27. The first-order valence-corrected chi connectivity index (χ1v) is 5.81. The molecule has 1 aliphatic rings. The van der Waals surface area contributed by atoms with Crippen LogP contribution in [-0.4, -0.2) is 37.6 Å². The highest BCUT2D eigenvalue weighted by Gasteiger charge is 2.13. The van der Waals surface area contributed by atoms with Gasteiger partial charge < -0.3 is 4.74 Å². The molecular weight excluding hydrogens is 202 g/mol. The Morgan fingerprint density at radius 3 is 2.94 bits per heavy atom. The third-order valence-electron chi connectivity index (χ3n) is 2.81. The summed E-state index contributed by atoms with van der Waals surface area (Å²) in [5, 5.41) is 0. The molecule has 3 nitrogen and oxygen atoms in total. The molecule has 1 atom stereocenters. The molecule has 0 aromatic rings. The van der Waals surface area contributed by atoms with Crippen LogP contribution in [0.15, 0.2) is 23.8 Å². The standard InChI is InChI=1S/C13H21NO2/c1-4-14(10-13(15)16-3)9-12-7-5-6-11(2)8-12/h5-7,11H,4,8-10H2,1-3H3. The highest BCUT2D eigenvalue weighted by atomic mass is 16.5. The molecule has 0 spiro atoms. The Labute approximate surface area is 97.8 Å². The lowest BCUT2D eigenvalue weighted by molar-refractivity contribution is -0.141. The summed E-state index contributed by atoms with van der Waals surface area (Å²) >= 11 is 0. The molecule has 0 bridgehead atoms. The van der Waals surface area contributed by atoms with E-state index in [1.54, 1.807) is 0 Å². The summed E-state index contributed by atoms with van der Waals surface area (Å²) in [6.45, 7) is 6.37. The van der Waals surface area contributed by atoms with Crippen molar-refractivity contribution >= 4 is 5.97 Å². The van der Waals surface area contributed by atoms with Crippen LogP contribution >= 0.6 is 0 Å². The summed E-state index contributed by atoms with van der Waals surface area (Å²) < 4.78 is 4.68. The minimum Gasteiger partial charge on any atom is -0.468 e. The molecule has 1 unspecified atom stereocenters. The number of methoxy groups -OCH3 is 1. The second-order valence-corrected chi connectivity index (χ2v) is 4.27. The highest BCUT2D eigenvalue weighted by Crippen LogP contribution is 2.18. The van der Waals surface area contributed by atoms with Gasteiger partial charge in [0.2, 0.25) is 0 Å². The van der Waals surface area contributed by atoms with Crippen LogP contribution in [0.4, 0.5) is 0 Å². The topological polar surface area (TPSA) is 29.5 Å². The van der Waals surface area contributed by atoms with Crippen molar-refractivity contribution < 1.29 is 9.53 Å². The Balaban J connectivity index is 2.47. The molecule has 90 valence electrons. The summed E-state index contributed by atoms with van der Waals surface area (Å²) in [6, 6.07) is 0. The Morgan fingerprint density at radius 1 is 1.62 bits per heavy atom. The van der Waals surface area contributed by atoms with Crippen LogP contribution in [0, 0.1) is 5.92 Å². The first-order chi connectivity index (χ1) is 7.65. The third kappa shape index (κ3) is 4.19. The zero-order valence-corrected chi connectivity index (χ0v) is 10.4. The predicted molar refractivity (Wildman–Crippen MR) is 65.1 cm³/mol. The van der Waals surface area contributed by atoms with Crippen LogP contribution < -0.4 is 0 Å². The molecule has 0 aromatic heterocycles. The molecular formula is C13H21NO2. The monoisotopic (exact) mass is 223 g/mol.